The van der Waals surface area contributed by atoms with Crippen LogP contribution >= 0.6 is 0 Å². The summed E-state index contributed by atoms with van der Waals surface area (Å²) in [5, 5.41) is 7.05. The van der Waals surface area contributed by atoms with Gasteiger partial charge in [-0.25, -0.2) is 4.39 Å². The van der Waals surface area contributed by atoms with Gasteiger partial charge in [-0.3, -0.25) is 5.41 Å². The number of hydrogen-bond donors (Lipinski definition) is 2. The minimum atomic E-state index is -0.455. The van der Waals surface area contributed by atoms with Crippen LogP contribution < -0.4 is 5.73 Å². The number of amidine groups is 1. The van der Waals surface area contributed by atoms with Crippen molar-refractivity contribution in [3.8, 4) is 0 Å². The zero-order valence-corrected chi connectivity index (χ0v) is 7.32. The predicted molar refractivity (Wildman–Crippen MR) is 49.7 cm³/mol. The molecule has 0 unspecified atom stereocenters. The average Bonchev–Trinajstić information content (AvgIpc) is 1.98. The van der Waals surface area contributed by atoms with Crippen molar-refractivity contribution < 1.29 is 4.39 Å². The quantitative estimate of drug-likeness (QED) is 0.379. The SMILES string of the molecule is C=C/C(C)=C\C(C(=N)N)=C(/C)F. The van der Waals surface area contributed by atoms with E-state index in [2.05, 4.69) is 6.58 Å². The maximum absolute atomic E-state index is 12.7. The number of allylic oxidation sites excluding steroid dienone is 3. The molecule has 0 amide bonds. The molecular formula is C9H13FN2. The highest BCUT2D eigenvalue weighted by atomic mass is 19.1. The summed E-state index contributed by atoms with van der Waals surface area (Å²) in [7, 11) is 0. The standard InChI is InChI=1S/C9H13FN2/c1-4-6(2)5-8(7(3)10)9(11)12/h4-5H,1H2,2-3H3,(H3,11,12)/b6-5-,8-7-. The van der Waals surface area contributed by atoms with Gasteiger partial charge >= 0.3 is 0 Å². The molecule has 0 aromatic heterocycles. The Hall–Kier alpha value is -1.38. The summed E-state index contributed by atoms with van der Waals surface area (Å²) in [5.74, 6) is -0.722. The Morgan fingerprint density at radius 1 is 1.50 bits per heavy atom. The summed E-state index contributed by atoms with van der Waals surface area (Å²) in [5.41, 5.74) is 6.04. The Bertz CT molecular complexity index is 258. The normalized spacial score (nSPS) is 13.8. The van der Waals surface area contributed by atoms with Crippen LogP contribution in [-0.4, -0.2) is 5.84 Å². The molecule has 0 bridgehead atoms. The summed E-state index contributed by atoms with van der Waals surface area (Å²) in [6.07, 6.45) is 3.07. The monoisotopic (exact) mass is 168 g/mol. The van der Waals surface area contributed by atoms with Gasteiger partial charge in [-0.15, -0.1) is 0 Å². The van der Waals surface area contributed by atoms with Gasteiger partial charge in [-0.05, 0) is 19.9 Å². The van der Waals surface area contributed by atoms with E-state index in [0.717, 1.165) is 5.57 Å². The second-order valence-electron chi connectivity index (χ2n) is 2.45. The minimum absolute atomic E-state index is 0.118. The molecule has 0 saturated carbocycles. The Morgan fingerprint density at radius 3 is 2.25 bits per heavy atom. The lowest BCUT2D eigenvalue weighted by Crippen LogP contribution is -2.12. The third kappa shape index (κ3) is 3.14. The van der Waals surface area contributed by atoms with Crippen molar-refractivity contribution in [3.05, 3.63) is 35.7 Å². The first-order valence-electron chi connectivity index (χ1n) is 3.50. The van der Waals surface area contributed by atoms with Crippen molar-refractivity contribution in [1.82, 2.24) is 0 Å². The molecular weight excluding hydrogens is 155 g/mol. The third-order valence-corrected chi connectivity index (χ3v) is 1.36. The maximum Gasteiger partial charge on any atom is 0.125 e. The van der Waals surface area contributed by atoms with Crippen LogP contribution in [0.15, 0.2) is 35.7 Å². The molecule has 0 heterocycles. The first-order chi connectivity index (χ1) is 5.49. The molecule has 0 fully saturated rings. The van der Waals surface area contributed by atoms with Crippen LogP contribution in [0.25, 0.3) is 0 Å². The van der Waals surface area contributed by atoms with Gasteiger partial charge < -0.3 is 5.73 Å². The molecule has 3 heteroatoms. The van der Waals surface area contributed by atoms with Gasteiger partial charge in [-0.1, -0.05) is 18.2 Å². The number of hydrogen-bond acceptors (Lipinski definition) is 1. The van der Waals surface area contributed by atoms with E-state index >= 15 is 0 Å². The summed E-state index contributed by atoms with van der Waals surface area (Å²) in [4.78, 5) is 0. The molecule has 0 aromatic carbocycles. The fraction of sp³-hybridized carbons (Fsp3) is 0.222. The highest BCUT2D eigenvalue weighted by molar-refractivity contribution is 5.97. The second kappa shape index (κ2) is 4.49. The van der Waals surface area contributed by atoms with E-state index in [-0.39, 0.29) is 11.4 Å². The molecule has 0 spiro atoms. The van der Waals surface area contributed by atoms with Crippen LogP contribution in [0.5, 0.6) is 0 Å². The molecule has 12 heavy (non-hydrogen) atoms. The lowest BCUT2D eigenvalue weighted by atomic mass is 10.1. The molecule has 0 saturated heterocycles. The second-order valence-corrected chi connectivity index (χ2v) is 2.45. The third-order valence-electron chi connectivity index (χ3n) is 1.36. The zero-order chi connectivity index (χ0) is 9.72. The fourth-order valence-electron chi connectivity index (χ4n) is 0.649. The molecule has 0 aliphatic carbocycles. The Labute approximate surface area is 71.8 Å². The van der Waals surface area contributed by atoms with Crippen LogP contribution in [0.2, 0.25) is 0 Å². The maximum atomic E-state index is 12.7. The van der Waals surface area contributed by atoms with Crippen LogP contribution in [-0.2, 0) is 0 Å². The largest absolute Gasteiger partial charge is 0.384 e. The minimum Gasteiger partial charge on any atom is -0.384 e. The number of nitrogens with one attached hydrogen (secondary N) is 1. The fourth-order valence-corrected chi connectivity index (χ4v) is 0.649. The Morgan fingerprint density at radius 2 is 2.00 bits per heavy atom. The zero-order valence-electron chi connectivity index (χ0n) is 7.32. The van der Waals surface area contributed by atoms with Crippen LogP contribution in [0, 0.1) is 5.41 Å². The predicted octanol–water partition coefficient (Wildman–Crippen LogP) is 2.30. The summed E-state index contributed by atoms with van der Waals surface area (Å²) >= 11 is 0. The van der Waals surface area contributed by atoms with E-state index in [1.165, 1.54) is 13.0 Å². The van der Waals surface area contributed by atoms with E-state index in [9.17, 15) is 4.39 Å². The molecule has 3 N–H and O–H groups in total. The lowest BCUT2D eigenvalue weighted by Gasteiger charge is -2.00. The summed E-state index contributed by atoms with van der Waals surface area (Å²) in [6.45, 7) is 6.54. The molecule has 0 aliphatic heterocycles. The van der Waals surface area contributed by atoms with E-state index in [0.29, 0.717) is 0 Å². The van der Waals surface area contributed by atoms with Crippen molar-refractivity contribution in [2.45, 2.75) is 13.8 Å². The molecule has 0 atom stereocenters. The van der Waals surface area contributed by atoms with Gasteiger partial charge in [0.05, 0.1) is 0 Å². The van der Waals surface area contributed by atoms with Gasteiger partial charge in [0.1, 0.15) is 11.7 Å². The van der Waals surface area contributed by atoms with Crippen molar-refractivity contribution in [1.29, 1.82) is 5.41 Å². The number of halogens is 1. The van der Waals surface area contributed by atoms with Crippen molar-refractivity contribution in [2.75, 3.05) is 0 Å². The van der Waals surface area contributed by atoms with Crippen molar-refractivity contribution in [3.63, 3.8) is 0 Å². The van der Waals surface area contributed by atoms with E-state index < -0.39 is 5.83 Å². The summed E-state index contributed by atoms with van der Waals surface area (Å²) < 4.78 is 12.7. The van der Waals surface area contributed by atoms with Gasteiger partial charge in [0.2, 0.25) is 0 Å². The number of nitrogens with two attached hydrogens (primary N) is 1. The first kappa shape index (κ1) is 10.6. The van der Waals surface area contributed by atoms with Crippen molar-refractivity contribution >= 4 is 5.84 Å². The van der Waals surface area contributed by atoms with E-state index in [1.807, 2.05) is 0 Å². The Kier molecular flexibility index (Phi) is 3.97. The molecule has 0 rings (SSSR count). The Balaban J connectivity index is 4.94. The van der Waals surface area contributed by atoms with Crippen LogP contribution in [0.3, 0.4) is 0 Å². The smallest absolute Gasteiger partial charge is 0.125 e. The topological polar surface area (TPSA) is 49.9 Å². The van der Waals surface area contributed by atoms with Gasteiger partial charge in [0.25, 0.3) is 0 Å². The molecule has 66 valence electrons. The molecule has 0 radical (unpaired) electrons. The van der Waals surface area contributed by atoms with Gasteiger partial charge in [0, 0.05) is 5.57 Å². The highest BCUT2D eigenvalue weighted by Gasteiger charge is 2.01. The molecule has 0 aliphatic rings. The molecule has 0 aromatic rings. The van der Waals surface area contributed by atoms with Crippen molar-refractivity contribution in [2.24, 2.45) is 5.73 Å². The number of rotatable bonds is 3. The molecule has 2 nitrogen and oxygen atoms in total. The highest BCUT2D eigenvalue weighted by Crippen LogP contribution is 2.09. The van der Waals surface area contributed by atoms with Gasteiger partial charge in [-0.2, -0.15) is 0 Å². The lowest BCUT2D eigenvalue weighted by molar-refractivity contribution is 0.636. The average molecular weight is 168 g/mol. The first-order valence-corrected chi connectivity index (χ1v) is 3.50. The van der Waals surface area contributed by atoms with Gasteiger partial charge in [0.15, 0.2) is 0 Å². The van der Waals surface area contributed by atoms with E-state index in [1.54, 1.807) is 13.0 Å². The van der Waals surface area contributed by atoms with E-state index in [4.69, 9.17) is 11.1 Å². The summed E-state index contributed by atoms with van der Waals surface area (Å²) in [6, 6.07) is 0. The van der Waals surface area contributed by atoms with Crippen LogP contribution in [0.1, 0.15) is 13.8 Å². The van der Waals surface area contributed by atoms with Crippen LogP contribution in [0.4, 0.5) is 4.39 Å².